The summed E-state index contributed by atoms with van der Waals surface area (Å²) in [5.41, 5.74) is 6.34. The molecule has 1 aliphatic rings. The summed E-state index contributed by atoms with van der Waals surface area (Å²) in [6.07, 6.45) is 1.57. The first-order valence-corrected chi connectivity index (χ1v) is 6.74. The third-order valence-corrected chi connectivity index (χ3v) is 3.84. The molecule has 6 heteroatoms. The molecule has 0 spiro atoms. The molecule has 2 N–H and O–H groups in total. The Balaban J connectivity index is 2.07. The van der Waals surface area contributed by atoms with Crippen LogP contribution in [0.3, 0.4) is 0 Å². The first-order chi connectivity index (χ1) is 8.68. The van der Waals surface area contributed by atoms with Crippen LogP contribution in [0.5, 0.6) is 0 Å². The number of pyridine rings is 1. The lowest BCUT2D eigenvalue weighted by atomic mass is 10.2. The summed E-state index contributed by atoms with van der Waals surface area (Å²) in [6, 6.07) is 0. The molecule has 0 saturated carbocycles. The average molecular weight is 331 g/mol. The quantitative estimate of drug-likeness (QED) is 0.797. The van der Waals surface area contributed by atoms with E-state index in [1.165, 1.54) is 0 Å². The summed E-state index contributed by atoms with van der Waals surface area (Å²) in [4.78, 5) is 6.24. The average Bonchev–Trinajstić information content (AvgIpc) is 2.39. The smallest absolute Gasteiger partial charge is 0.140 e. The lowest BCUT2D eigenvalue weighted by Crippen LogP contribution is -2.36. The number of nitrogen functional groups attached to an aromatic ring is 1. The van der Waals surface area contributed by atoms with Crippen molar-refractivity contribution < 1.29 is 4.74 Å². The normalized spacial score (nSPS) is 16.1. The first-order valence-electron chi connectivity index (χ1n) is 5.57. The monoisotopic (exact) mass is 329 g/mol. The van der Waals surface area contributed by atoms with Crippen LogP contribution in [-0.2, 0) is 4.74 Å². The summed E-state index contributed by atoms with van der Waals surface area (Å²) < 4.78 is 5.97. The van der Waals surface area contributed by atoms with Crippen molar-refractivity contribution in [1.82, 2.24) is 9.88 Å². The number of rotatable bonds is 1. The third kappa shape index (κ3) is 3.36. The Morgan fingerprint density at radius 3 is 2.94 bits per heavy atom. The number of ether oxygens (including phenoxy) is 1. The summed E-state index contributed by atoms with van der Waals surface area (Å²) in [7, 11) is 0. The van der Waals surface area contributed by atoms with Gasteiger partial charge < -0.3 is 10.5 Å². The molecule has 2 rings (SSSR count). The maximum absolute atomic E-state index is 6.12. The molecule has 96 valence electrons. The molecule has 0 radical (unpaired) electrons. The van der Waals surface area contributed by atoms with Crippen molar-refractivity contribution in [3.8, 4) is 11.8 Å². The molecule has 1 aromatic rings. The van der Waals surface area contributed by atoms with Crippen LogP contribution in [0.2, 0.25) is 5.02 Å². The molecule has 4 nitrogen and oxygen atoms in total. The summed E-state index contributed by atoms with van der Waals surface area (Å²) in [6.45, 7) is 4.04. The standard InChI is InChI=1S/C12H13BrClN3O/c13-10-8-16-12(15)9(11(10)14)2-1-3-17-4-6-18-7-5-17/h8H,3-7H2,(H2,15,16). The van der Waals surface area contributed by atoms with Crippen molar-refractivity contribution in [2.75, 3.05) is 38.6 Å². The Bertz CT molecular complexity index is 492. The van der Waals surface area contributed by atoms with E-state index < -0.39 is 0 Å². The zero-order valence-electron chi connectivity index (χ0n) is 9.75. The Hall–Kier alpha value is -0.800. The maximum Gasteiger partial charge on any atom is 0.140 e. The highest BCUT2D eigenvalue weighted by Gasteiger charge is 2.09. The van der Waals surface area contributed by atoms with E-state index in [0.717, 1.165) is 26.3 Å². The van der Waals surface area contributed by atoms with Gasteiger partial charge in [0.2, 0.25) is 0 Å². The molecule has 0 aliphatic carbocycles. The van der Waals surface area contributed by atoms with Crippen molar-refractivity contribution in [1.29, 1.82) is 0 Å². The number of morpholine rings is 1. The molecule has 0 atom stereocenters. The van der Waals surface area contributed by atoms with Crippen LogP contribution in [0.4, 0.5) is 5.82 Å². The Morgan fingerprint density at radius 2 is 2.22 bits per heavy atom. The fourth-order valence-electron chi connectivity index (χ4n) is 1.60. The van der Waals surface area contributed by atoms with Crippen LogP contribution in [-0.4, -0.2) is 42.7 Å². The molecule has 18 heavy (non-hydrogen) atoms. The highest BCUT2D eigenvalue weighted by Crippen LogP contribution is 2.27. The van der Waals surface area contributed by atoms with Crippen LogP contribution in [0, 0.1) is 11.8 Å². The molecule has 1 fully saturated rings. The molecular weight excluding hydrogens is 318 g/mol. The van der Waals surface area contributed by atoms with E-state index >= 15 is 0 Å². The minimum atomic E-state index is 0.359. The van der Waals surface area contributed by atoms with E-state index in [2.05, 4.69) is 37.7 Å². The summed E-state index contributed by atoms with van der Waals surface area (Å²) >= 11 is 9.42. The van der Waals surface area contributed by atoms with Crippen molar-refractivity contribution in [3.63, 3.8) is 0 Å². The summed E-state index contributed by atoms with van der Waals surface area (Å²) in [5, 5.41) is 0.511. The van der Waals surface area contributed by atoms with Gasteiger partial charge in [-0.2, -0.15) is 0 Å². The Morgan fingerprint density at radius 1 is 1.50 bits per heavy atom. The fourth-order valence-corrected chi connectivity index (χ4v) is 2.09. The molecular formula is C12H13BrClN3O. The second-order valence-corrected chi connectivity index (χ2v) is 5.10. The van der Waals surface area contributed by atoms with E-state index in [-0.39, 0.29) is 0 Å². The second-order valence-electron chi connectivity index (χ2n) is 3.87. The lowest BCUT2D eigenvalue weighted by Gasteiger charge is -2.24. The Labute approximate surface area is 120 Å². The highest BCUT2D eigenvalue weighted by atomic mass is 79.9. The van der Waals surface area contributed by atoms with E-state index in [1.54, 1.807) is 6.20 Å². The zero-order chi connectivity index (χ0) is 13.0. The molecule has 0 aromatic carbocycles. The molecule has 1 aliphatic heterocycles. The zero-order valence-corrected chi connectivity index (χ0v) is 12.1. The summed E-state index contributed by atoms with van der Waals surface area (Å²) in [5.74, 6) is 6.42. The number of hydrogen-bond acceptors (Lipinski definition) is 4. The van der Waals surface area contributed by atoms with Gasteiger partial charge in [-0.3, -0.25) is 4.90 Å². The van der Waals surface area contributed by atoms with Gasteiger partial charge >= 0.3 is 0 Å². The van der Waals surface area contributed by atoms with E-state index in [4.69, 9.17) is 22.1 Å². The van der Waals surface area contributed by atoms with E-state index in [9.17, 15) is 0 Å². The van der Waals surface area contributed by atoms with Crippen molar-refractivity contribution in [3.05, 3.63) is 21.3 Å². The Kier molecular flexibility index (Phi) is 4.84. The lowest BCUT2D eigenvalue weighted by molar-refractivity contribution is 0.0443. The van der Waals surface area contributed by atoms with Gasteiger partial charge in [-0.15, -0.1) is 0 Å². The highest BCUT2D eigenvalue weighted by molar-refractivity contribution is 9.10. The van der Waals surface area contributed by atoms with Crippen molar-refractivity contribution in [2.45, 2.75) is 0 Å². The SMILES string of the molecule is Nc1ncc(Br)c(Cl)c1C#CCN1CCOCC1. The van der Waals surface area contributed by atoms with Crippen molar-refractivity contribution >= 4 is 33.3 Å². The van der Waals surface area contributed by atoms with E-state index in [0.29, 0.717) is 27.4 Å². The topological polar surface area (TPSA) is 51.4 Å². The van der Waals surface area contributed by atoms with Gasteiger partial charge in [0.15, 0.2) is 0 Å². The van der Waals surface area contributed by atoms with Crippen LogP contribution in [0.25, 0.3) is 0 Å². The van der Waals surface area contributed by atoms with Gasteiger partial charge in [0, 0.05) is 19.3 Å². The van der Waals surface area contributed by atoms with Crippen LogP contribution < -0.4 is 5.73 Å². The van der Waals surface area contributed by atoms with Gasteiger partial charge in [-0.05, 0) is 15.9 Å². The second kappa shape index (κ2) is 6.39. The number of nitrogens with zero attached hydrogens (tertiary/aromatic N) is 2. The number of nitrogens with two attached hydrogens (primary N) is 1. The number of halogens is 2. The maximum atomic E-state index is 6.12. The van der Waals surface area contributed by atoms with Crippen LogP contribution in [0.1, 0.15) is 5.56 Å². The molecule has 0 unspecified atom stereocenters. The third-order valence-electron chi connectivity index (χ3n) is 2.62. The number of aromatic nitrogens is 1. The number of hydrogen-bond donors (Lipinski definition) is 1. The molecule has 0 amide bonds. The van der Waals surface area contributed by atoms with Crippen LogP contribution in [0.15, 0.2) is 10.7 Å². The van der Waals surface area contributed by atoms with Crippen LogP contribution >= 0.6 is 27.5 Å². The van der Waals surface area contributed by atoms with Gasteiger partial charge in [-0.1, -0.05) is 23.4 Å². The predicted molar refractivity (Wildman–Crippen MR) is 75.5 cm³/mol. The molecule has 1 saturated heterocycles. The van der Waals surface area contributed by atoms with Gasteiger partial charge in [0.25, 0.3) is 0 Å². The first kappa shape index (κ1) is 13.6. The largest absolute Gasteiger partial charge is 0.383 e. The van der Waals surface area contributed by atoms with Gasteiger partial charge in [0.1, 0.15) is 5.82 Å². The van der Waals surface area contributed by atoms with E-state index in [1.807, 2.05) is 0 Å². The molecule has 0 bridgehead atoms. The minimum absolute atomic E-state index is 0.359. The minimum Gasteiger partial charge on any atom is -0.383 e. The van der Waals surface area contributed by atoms with Gasteiger partial charge in [-0.25, -0.2) is 4.98 Å². The molecule has 1 aromatic heterocycles. The predicted octanol–water partition coefficient (Wildman–Crippen LogP) is 1.76. The van der Waals surface area contributed by atoms with Crippen molar-refractivity contribution in [2.24, 2.45) is 0 Å². The number of anilines is 1. The fraction of sp³-hybridized carbons (Fsp3) is 0.417. The van der Waals surface area contributed by atoms with Gasteiger partial charge in [0.05, 0.1) is 34.8 Å². The molecule has 2 heterocycles.